The molecule has 3 heterocycles. The van der Waals surface area contributed by atoms with Crippen molar-refractivity contribution in [3.8, 4) is 0 Å². The van der Waals surface area contributed by atoms with E-state index in [0.29, 0.717) is 11.5 Å². The van der Waals surface area contributed by atoms with Crippen molar-refractivity contribution in [2.24, 2.45) is 5.41 Å². The van der Waals surface area contributed by atoms with E-state index in [1.165, 1.54) is 39.5 Å². The molecule has 0 radical (unpaired) electrons. The molecular weight excluding hydrogens is 863 g/mol. The number of nitrogens with zero attached hydrogens (tertiary/aromatic N) is 4. The summed E-state index contributed by atoms with van der Waals surface area (Å²) in [6.45, 7) is 3.11. The second-order valence-corrected chi connectivity index (χ2v) is 19.5. The Bertz CT molecular complexity index is 1920. The van der Waals surface area contributed by atoms with Crippen LogP contribution in [0.2, 0.25) is 0 Å². The Morgan fingerprint density at radius 2 is 1.71 bits per heavy atom. The highest BCUT2D eigenvalue weighted by atomic mass is 32.2. The van der Waals surface area contributed by atoms with E-state index in [1.54, 1.807) is 0 Å². The zero-order chi connectivity index (χ0) is 43.9. The third kappa shape index (κ3) is 14.5. The van der Waals surface area contributed by atoms with E-state index in [1.807, 2.05) is 0 Å². The Morgan fingerprint density at radius 3 is 2.34 bits per heavy atom. The van der Waals surface area contributed by atoms with Crippen LogP contribution < -0.4 is 16.4 Å². The third-order valence-corrected chi connectivity index (χ3v) is 12.5. The van der Waals surface area contributed by atoms with Gasteiger partial charge in [-0.1, -0.05) is 13.8 Å². The predicted molar refractivity (Wildman–Crippen MR) is 199 cm³/mol. The number of carbonyl (C=O) groups is 3. The van der Waals surface area contributed by atoms with Crippen molar-refractivity contribution < 1.29 is 90.7 Å². The summed E-state index contributed by atoms with van der Waals surface area (Å²) in [5, 5.41) is 45.4. The molecule has 2 aromatic heterocycles. The van der Waals surface area contributed by atoms with Crippen molar-refractivity contribution in [1.82, 2.24) is 30.2 Å². The molecule has 30 heteroatoms. The predicted octanol–water partition coefficient (Wildman–Crippen LogP) is -1.07. The molecule has 0 spiro atoms. The number of nitrogens with two attached hydrogens (primary N) is 1. The van der Waals surface area contributed by atoms with E-state index in [-0.39, 0.29) is 42.9 Å². The van der Waals surface area contributed by atoms with Gasteiger partial charge < -0.3 is 61.1 Å². The van der Waals surface area contributed by atoms with Crippen LogP contribution in [0.25, 0.3) is 11.2 Å². The number of phosphoric ester groups is 3. The van der Waals surface area contributed by atoms with Gasteiger partial charge in [-0.3, -0.25) is 32.5 Å². The van der Waals surface area contributed by atoms with Gasteiger partial charge in [-0.2, -0.15) is 16.1 Å². The number of hydrogen-bond acceptors (Lipinski definition) is 19. The van der Waals surface area contributed by atoms with Gasteiger partial charge in [0.25, 0.3) is 0 Å². The van der Waals surface area contributed by atoms with Crippen LogP contribution >= 0.6 is 35.2 Å². The number of phosphoric acid groups is 3. The molecule has 1 aliphatic rings. The number of fused-ring (bicyclic) bond motifs is 1. The number of carboxylic acids is 1. The average molecular weight is 912 g/mol. The van der Waals surface area contributed by atoms with Crippen molar-refractivity contribution >= 4 is 70.0 Å². The number of rotatable bonds is 24. The van der Waals surface area contributed by atoms with Gasteiger partial charge >= 0.3 is 29.4 Å². The highest BCUT2D eigenvalue weighted by molar-refractivity contribution is 7.99. The molecule has 7 unspecified atom stereocenters. The van der Waals surface area contributed by atoms with Crippen LogP contribution in [0, 0.1) is 5.41 Å². The number of carbonyl (C=O) groups excluding carboxylic acids is 2. The van der Waals surface area contributed by atoms with Gasteiger partial charge in [0.15, 0.2) is 17.2 Å². The Labute approximate surface area is 334 Å². The molecule has 1 fully saturated rings. The van der Waals surface area contributed by atoms with E-state index in [2.05, 4.69) is 29.9 Å². The fourth-order valence-corrected chi connectivity index (χ4v) is 9.18. The monoisotopic (exact) mass is 911 g/mol. The number of thioether (sulfide) groups is 1. The van der Waals surface area contributed by atoms with Crippen LogP contribution in [-0.4, -0.2) is 145 Å². The molecule has 0 saturated carbocycles. The van der Waals surface area contributed by atoms with Gasteiger partial charge in [0.2, 0.25) is 11.8 Å². The summed E-state index contributed by atoms with van der Waals surface area (Å²) >= 11 is 1.39. The van der Waals surface area contributed by atoms with Crippen LogP contribution in [0.5, 0.6) is 0 Å². The summed E-state index contributed by atoms with van der Waals surface area (Å²) in [5.41, 5.74) is 0.910. The Kier molecular flexibility index (Phi) is 17.0. The number of aliphatic hydroxyl groups excluding tert-OH is 2. The molecule has 2 aromatic rings. The van der Waals surface area contributed by atoms with E-state index < -0.39 is 102 Å². The molecule has 0 aromatic carbocycles. The summed E-state index contributed by atoms with van der Waals surface area (Å²) < 4.78 is 62.6. The van der Waals surface area contributed by atoms with Gasteiger partial charge in [0.05, 0.1) is 31.6 Å². The van der Waals surface area contributed by atoms with E-state index in [9.17, 15) is 63.0 Å². The smallest absolute Gasteiger partial charge is 0.481 e. The third-order valence-electron chi connectivity index (χ3n) is 8.45. The van der Waals surface area contributed by atoms with Gasteiger partial charge in [-0.15, -0.1) is 0 Å². The molecule has 8 atom stereocenters. The maximum absolute atomic E-state index is 12.7. The fourth-order valence-electron chi connectivity index (χ4n) is 5.32. The molecule has 1 aliphatic heterocycles. The number of anilines is 1. The normalized spacial score (nSPS) is 23.7. The summed E-state index contributed by atoms with van der Waals surface area (Å²) in [6.07, 6.45) is -5.72. The quantitative estimate of drug-likeness (QED) is 0.0441. The van der Waals surface area contributed by atoms with Crippen LogP contribution in [0.4, 0.5) is 5.82 Å². The maximum Gasteiger partial charge on any atom is 0.481 e. The number of nitrogens with one attached hydrogen (secondary N) is 2. The van der Waals surface area contributed by atoms with Crippen LogP contribution in [-0.2, 0) is 56.4 Å². The van der Waals surface area contributed by atoms with Crippen molar-refractivity contribution in [3.05, 3.63) is 12.7 Å². The van der Waals surface area contributed by atoms with Crippen molar-refractivity contribution in [1.29, 1.82) is 0 Å². The molecule has 0 aliphatic carbocycles. The fraction of sp³-hybridized carbons (Fsp3) is 0.714. The lowest BCUT2D eigenvalue weighted by atomic mass is 9.87. The Hall–Kier alpha value is -2.68. The second kappa shape index (κ2) is 19.8. The van der Waals surface area contributed by atoms with Crippen molar-refractivity contribution in [2.75, 3.05) is 43.5 Å². The molecule has 330 valence electrons. The van der Waals surface area contributed by atoms with E-state index in [4.69, 9.17) is 29.1 Å². The van der Waals surface area contributed by atoms with Crippen LogP contribution in [0.3, 0.4) is 0 Å². The summed E-state index contributed by atoms with van der Waals surface area (Å²) in [7, 11) is -16.5. The number of imidazole rings is 1. The SMILES string of the molecule is CC(C)(COP(=O)(O)OP(=O)(O)OCC1OC(C)(n2cnc3c(N)ncnc32)C(O)C1OP(=O)(O)O)C(O)C(=O)NCCC(=O)NCCSCC[C@](C)(O)CC(=O)O. The molecular formula is C28H48N7O19P3S. The molecule has 58 heavy (non-hydrogen) atoms. The first kappa shape index (κ1) is 49.7. The second-order valence-electron chi connectivity index (χ2n) is 14.1. The topological polar surface area (TPSA) is 404 Å². The Balaban J connectivity index is 1.49. The molecule has 12 N–H and O–H groups in total. The highest BCUT2D eigenvalue weighted by Gasteiger charge is 2.57. The zero-order valence-electron chi connectivity index (χ0n) is 31.5. The van der Waals surface area contributed by atoms with E-state index >= 15 is 0 Å². The van der Waals surface area contributed by atoms with Crippen molar-refractivity contribution in [3.63, 3.8) is 0 Å². The van der Waals surface area contributed by atoms with Gasteiger partial charge in [-0.05, 0) is 26.0 Å². The number of ether oxygens (including phenoxy) is 1. The molecule has 2 amide bonds. The number of nitrogen functional groups attached to an aromatic ring is 1. The number of carboxylic acid groups (broad SMARTS) is 1. The largest absolute Gasteiger partial charge is 0.481 e. The van der Waals surface area contributed by atoms with Crippen LogP contribution in [0.15, 0.2) is 12.7 Å². The summed E-state index contributed by atoms with van der Waals surface area (Å²) in [5.74, 6) is -1.68. The first-order valence-corrected chi connectivity index (χ1v) is 22.7. The van der Waals surface area contributed by atoms with Crippen molar-refractivity contribution in [2.45, 2.75) is 82.7 Å². The number of aliphatic hydroxyl groups is 3. The Morgan fingerprint density at radius 1 is 1.05 bits per heavy atom. The highest BCUT2D eigenvalue weighted by Crippen LogP contribution is 2.61. The lowest BCUT2D eigenvalue weighted by Crippen LogP contribution is -2.46. The zero-order valence-corrected chi connectivity index (χ0v) is 35.0. The first-order chi connectivity index (χ1) is 26.6. The van der Waals surface area contributed by atoms with Gasteiger partial charge in [0, 0.05) is 30.7 Å². The number of amides is 2. The van der Waals surface area contributed by atoms with Gasteiger partial charge in [0.1, 0.15) is 36.3 Å². The summed E-state index contributed by atoms with van der Waals surface area (Å²) in [4.78, 5) is 86.7. The van der Waals surface area contributed by atoms with E-state index in [0.717, 1.165) is 17.2 Å². The maximum atomic E-state index is 12.7. The first-order valence-electron chi connectivity index (χ1n) is 17.0. The number of aliphatic carboxylic acids is 1. The minimum Gasteiger partial charge on any atom is -0.481 e. The lowest BCUT2D eigenvalue weighted by molar-refractivity contribution is -0.142. The molecule has 1 saturated heterocycles. The minimum atomic E-state index is -5.60. The standard InChI is InChI=1S/C28H48N7O19P3S/c1-26(2,22(40)25(41)31-7-5-17(36)30-8-10-58-9-6-27(3,42)11-18(37)38)13-51-57(48,49)54-56(46,47)50-12-16-20(53-55(43,44)45)21(39)28(4,52-16)35-15-34-19-23(29)32-14-33-24(19)35/h14-16,20-22,39-40,42H,5-13H2,1-4H3,(H,30,36)(H,31,41)(H,37,38)(H,46,47)(H,48,49)(H2,29,32,33)(H2,43,44,45)/t16?,20?,21?,22?,27-,28?/m0/s1. The van der Waals surface area contributed by atoms with Crippen LogP contribution in [0.1, 0.15) is 47.0 Å². The molecule has 0 bridgehead atoms. The number of aromatic nitrogens is 4. The minimum absolute atomic E-state index is 0.0120. The number of hydrogen-bond donors (Lipinski definition) is 11. The molecule has 3 rings (SSSR count). The summed E-state index contributed by atoms with van der Waals surface area (Å²) in [6, 6.07) is 0. The molecule has 26 nitrogen and oxygen atoms in total. The lowest BCUT2D eigenvalue weighted by Gasteiger charge is -2.30. The average Bonchev–Trinajstić information content (AvgIpc) is 3.63. The van der Waals surface area contributed by atoms with Gasteiger partial charge in [-0.25, -0.2) is 28.6 Å².